The Morgan fingerprint density at radius 3 is 2.76 bits per heavy atom. The summed E-state index contributed by atoms with van der Waals surface area (Å²) in [6, 6.07) is 15.0. The molecule has 0 saturated carbocycles. The minimum atomic E-state index is -0.323. The maximum Gasteiger partial charge on any atom is 0.264 e. The van der Waals surface area contributed by atoms with E-state index in [1.165, 1.54) is 17.1 Å². The van der Waals surface area contributed by atoms with Gasteiger partial charge in [0.15, 0.2) is 5.65 Å². The first kappa shape index (κ1) is 18.9. The van der Waals surface area contributed by atoms with E-state index in [2.05, 4.69) is 15.4 Å². The van der Waals surface area contributed by atoms with Gasteiger partial charge < -0.3 is 5.32 Å². The minimum absolute atomic E-state index is 0.115. The van der Waals surface area contributed by atoms with Crippen LogP contribution in [0.25, 0.3) is 16.7 Å². The monoisotopic (exact) mass is 407 g/mol. The Balaban J connectivity index is 1.58. The highest BCUT2D eigenvalue weighted by Gasteiger charge is 2.14. The molecule has 0 saturated heterocycles. The molecule has 0 bridgehead atoms. The lowest BCUT2D eigenvalue weighted by atomic mass is 10.2. The molecule has 4 rings (SSSR count). The quantitative estimate of drug-likeness (QED) is 0.551. The summed E-state index contributed by atoms with van der Waals surface area (Å²) in [7, 11) is 0. The van der Waals surface area contributed by atoms with Crippen molar-refractivity contribution in [3.8, 4) is 5.69 Å². The minimum Gasteiger partial charge on any atom is -0.350 e. The molecule has 2 aromatic carbocycles. The van der Waals surface area contributed by atoms with Gasteiger partial charge in [0.25, 0.3) is 5.56 Å². The third-order valence-corrected chi connectivity index (χ3v) is 4.84. The van der Waals surface area contributed by atoms with E-state index in [0.717, 1.165) is 16.8 Å². The van der Waals surface area contributed by atoms with E-state index in [1.807, 2.05) is 43.3 Å². The molecule has 29 heavy (non-hydrogen) atoms. The van der Waals surface area contributed by atoms with Crippen LogP contribution in [0.3, 0.4) is 0 Å². The molecule has 0 unspecified atom stereocenters. The van der Waals surface area contributed by atoms with Gasteiger partial charge in [-0.05, 0) is 30.2 Å². The molecular formula is C21H18ClN5O2. The number of nitrogens with zero attached hydrogens (tertiary/aromatic N) is 4. The van der Waals surface area contributed by atoms with E-state index >= 15 is 0 Å². The van der Waals surface area contributed by atoms with Gasteiger partial charge in [-0.1, -0.05) is 48.0 Å². The Kier molecular flexibility index (Phi) is 5.14. The van der Waals surface area contributed by atoms with Gasteiger partial charge in [-0.25, -0.2) is 9.67 Å². The average molecular weight is 408 g/mol. The Labute approximate surface area is 171 Å². The van der Waals surface area contributed by atoms with E-state index < -0.39 is 0 Å². The van der Waals surface area contributed by atoms with Crippen LogP contribution in [0.2, 0.25) is 5.02 Å². The van der Waals surface area contributed by atoms with E-state index in [9.17, 15) is 9.59 Å². The van der Waals surface area contributed by atoms with Crippen LogP contribution >= 0.6 is 11.6 Å². The topological polar surface area (TPSA) is 81.8 Å². The van der Waals surface area contributed by atoms with Crippen molar-refractivity contribution in [1.29, 1.82) is 0 Å². The summed E-state index contributed by atoms with van der Waals surface area (Å²) in [5, 5.41) is 8.01. The zero-order chi connectivity index (χ0) is 20.4. The second-order valence-corrected chi connectivity index (χ2v) is 7.10. The zero-order valence-corrected chi connectivity index (χ0v) is 16.4. The SMILES string of the molecule is Cc1ccc(Cl)cc1-n1ncc2c(=O)n(CC(=O)NCc3ccccc3)cnc21. The number of hydrogen-bond acceptors (Lipinski definition) is 4. The average Bonchev–Trinajstić information content (AvgIpc) is 3.16. The molecule has 0 radical (unpaired) electrons. The number of benzene rings is 2. The van der Waals surface area contributed by atoms with Gasteiger partial charge in [-0.15, -0.1) is 0 Å². The third-order valence-electron chi connectivity index (χ3n) is 4.60. The van der Waals surface area contributed by atoms with Crippen molar-refractivity contribution in [2.45, 2.75) is 20.0 Å². The number of halogens is 1. The highest BCUT2D eigenvalue weighted by atomic mass is 35.5. The predicted octanol–water partition coefficient (Wildman–Crippen LogP) is 2.86. The summed E-state index contributed by atoms with van der Waals surface area (Å²) in [6.45, 7) is 2.21. The number of hydrogen-bond donors (Lipinski definition) is 1. The second-order valence-electron chi connectivity index (χ2n) is 6.66. The highest BCUT2D eigenvalue weighted by Crippen LogP contribution is 2.21. The van der Waals surface area contributed by atoms with Gasteiger partial charge in [0.1, 0.15) is 18.3 Å². The van der Waals surface area contributed by atoms with Gasteiger partial charge >= 0.3 is 0 Å². The van der Waals surface area contributed by atoms with Gasteiger partial charge in [0.2, 0.25) is 5.91 Å². The fraction of sp³-hybridized carbons (Fsp3) is 0.143. The van der Waals surface area contributed by atoms with Crippen LogP contribution in [0.4, 0.5) is 0 Å². The van der Waals surface area contributed by atoms with E-state index in [4.69, 9.17) is 11.6 Å². The highest BCUT2D eigenvalue weighted by molar-refractivity contribution is 6.30. The summed E-state index contributed by atoms with van der Waals surface area (Å²) in [5.74, 6) is -0.268. The third kappa shape index (κ3) is 3.90. The molecule has 0 fully saturated rings. The van der Waals surface area contributed by atoms with Crippen molar-refractivity contribution >= 4 is 28.5 Å². The second kappa shape index (κ2) is 7.89. The molecule has 146 valence electrons. The zero-order valence-electron chi connectivity index (χ0n) is 15.7. The fourth-order valence-corrected chi connectivity index (χ4v) is 3.22. The molecule has 1 amide bonds. The van der Waals surface area contributed by atoms with E-state index in [-0.39, 0.29) is 18.0 Å². The standard InChI is InChI=1S/C21H18ClN5O2/c1-14-7-8-16(22)9-18(14)27-20-17(11-25-27)21(29)26(13-24-20)12-19(28)23-10-15-5-3-2-4-6-15/h2-9,11,13H,10,12H2,1H3,(H,23,28). The van der Waals surface area contributed by atoms with Crippen molar-refractivity contribution < 1.29 is 4.79 Å². The molecule has 1 N–H and O–H groups in total. The molecule has 4 aromatic rings. The van der Waals surface area contributed by atoms with Gasteiger partial charge in [0.05, 0.1) is 11.9 Å². The van der Waals surface area contributed by atoms with Crippen LogP contribution in [-0.2, 0) is 17.9 Å². The van der Waals surface area contributed by atoms with Crippen molar-refractivity contribution in [1.82, 2.24) is 24.6 Å². The molecule has 0 atom stereocenters. The Hall–Kier alpha value is -3.45. The Morgan fingerprint density at radius 1 is 1.17 bits per heavy atom. The molecule has 0 aliphatic heterocycles. The number of aryl methyl sites for hydroxylation is 1. The van der Waals surface area contributed by atoms with E-state index in [0.29, 0.717) is 22.6 Å². The van der Waals surface area contributed by atoms with Crippen LogP contribution in [0.15, 0.2) is 65.8 Å². The molecule has 0 spiro atoms. The number of fused-ring (bicyclic) bond motifs is 1. The lowest BCUT2D eigenvalue weighted by molar-refractivity contribution is -0.121. The number of amides is 1. The fourth-order valence-electron chi connectivity index (χ4n) is 3.06. The number of aromatic nitrogens is 4. The van der Waals surface area contributed by atoms with Crippen molar-refractivity contribution in [2.75, 3.05) is 0 Å². The first-order valence-corrected chi connectivity index (χ1v) is 9.41. The van der Waals surface area contributed by atoms with Crippen molar-refractivity contribution in [2.24, 2.45) is 0 Å². The van der Waals surface area contributed by atoms with Crippen LogP contribution in [0.1, 0.15) is 11.1 Å². The maximum atomic E-state index is 12.8. The van der Waals surface area contributed by atoms with Crippen LogP contribution in [0, 0.1) is 6.92 Å². The first-order chi connectivity index (χ1) is 14.0. The van der Waals surface area contributed by atoms with Gasteiger partial charge in [0, 0.05) is 11.6 Å². The Morgan fingerprint density at radius 2 is 1.97 bits per heavy atom. The van der Waals surface area contributed by atoms with Crippen molar-refractivity contribution in [3.63, 3.8) is 0 Å². The largest absolute Gasteiger partial charge is 0.350 e. The lowest BCUT2D eigenvalue weighted by Crippen LogP contribution is -2.32. The number of carbonyl (C=O) groups excluding carboxylic acids is 1. The van der Waals surface area contributed by atoms with Crippen LogP contribution < -0.4 is 10.9 Å². The summed E-state index contributed by atoms with van der Waals surface area (Å²) < 4.78 is 2.86. The number of carbonyl (C=O) groups is 1. The molecule has 2 heterocycles. The predicted molar refractivity (Wildman–Crippen MR) is 111 cm³/mol. The molecular weight excluding hydrogens is 390 g/mol. The molecule has 0 aliphatic rings. The summed E-state index contributed by atoms with van der Waals surface area (Å²) in [5.41, 5.74) is 2.78. The van der Waals surface area contributed by atoms with Crippen molar-refractivity contribution in [3.05, 3.63) is 87.6 Å². The van der Waals surface area contributed by atoms with Crippen LogP contribution in [0.5, 0.6) is 0 Å². The van der Waals surface area contributed by atoms with Gasteiger partial charge in [-0.3, -0.25) is 14.2 Å². The molecule has 2 aromatic heterocycles. The first-order valence-electron chi connectivity index (χ1n) is 9.03. The summed E-state index contributed by atoms with van der Waals surface area (Å²) >= 11 is 6.10. The smallest absolute Gasteiger partial charge is 0.264 e. The summed E-state index contributed by atoms with van der Waals surface area (Å²) in [4.78, 5) is 29.4. The Bertz CT molecular complexity index is 1250. The van der Waals surface area contributed by atoms with Gasteiger partial charge in [-0.2, -0.15) is 5.10 Å². The maximum absolute atomic E-state index is 12.8. The number of nitrogens with one attached hydrogen (secondary N) is 1. The summed E-state index contributed by atoms with van der Waals surface area (Å²) in [6.07, 6.45) is 2.83. The van der Waals surface area contributed by atoms with E-state index in [1.54, 1.807) is 16.8 Å². The molecule has 8 heteroatoms. The lowest BCUT2D eigenvalue weighted by Gasteiger charge is -2.09. The number of rotatable bonds is 5. The van der Waals surface area contributed by atoms with Crippen LogP contribution in [-0.4, -0.2) is 25.2 Å². The molecule has 0 aliphatic carbocycles. The normalized spacial score (nSPS) is 11.0. The molecule has 7 nitrogen and oxygen atoms in total.